The summed E-state index contributed by atoms with van der Waals surface area (Å²) < 4.78 is 26.9. The molecule has 1 aromatic carbocycles. The fraction of sp³-hybridized carbons (Fsp3) is 0.500. The number of ether oxygens (including phenoxy) is 4. The number of amides is 1. The molecule has 2 aromatic rings. The lowest BCUT2D eigenvalue weighted by molar-refractivity contribution is 0.0828. The van der Waals surface area contributed by atoms with E-state index in [4.69, 9.17) is 23.4 Å². The van der Waals surface area contributed by atoms with Crippen molar-refractivity contribution in [2.24, 2.45) is 0 Å². The molecule has 0 saturated carbocycles. The summed E-state index contributed by atoms with van der Waals surface area (Å²) in [6.07, 6.45) is 2.33. The third-order valence-corrected chi connectivity index (χ3v) is 4.26. The second-order valence-electron chi connectivity index (χ2n) is 6.06. The van der Waals surface area contributed by atoms with Gasteiger partial charge < -0.3 is 28.7 Å². The van der Waals surface area contributed by atoms with Crippen molar-refractivity contribution in [2.75, 3.05) is 34.5 Å². The Kier molecular flexibility index (Phi) is 6.12. The predicted molar refractivity (Wildman–Crippen MR) is 94.5 cm³/mol. The van der Waals surface area contributed by atoms with Gasteiger partial charge in [-0.1, -0.05) is 0 Å². The number of benzene rings is 1. The van der Waals surface area contributed by atoms with Crippen molar-refractivity contribution in [1.29, 1.82) is 0 Å². The molecule has 9 nitrogen and oxygen atoms in total. The molecular weight excluding hydrogens is 354 g/mol. The van der Waals surface area contributed by atoms with E-state index >= 15 is 0 Å². The van der Waals surface area contributed by atoms with Gasteiger partial charge in [0.05, 0.1) is 33.9 Å². The summed E-state index contributed by atoms with van der Waals surface area (Å²) in [6.45, 7) is 1.17. The first-order chi connectivity index (χ1) is 13.1. The molecule has 0 unspecified atom stereocenters. The van der Waals surface area contributed by atoms with Crippen molar-refractivity contribution >= 4 is 5.91 Å². The number of nitrogens with one attached hydrogen (secondary N) is 1. The predicted octanol–water partition coefficient (Wildman–Crippen LogP) is 1.59. The van der Waals surface area contributed by atoms with E-state index in [-0.39, 0.29) is 12.0 Å². The lowest BCUT2D eigenvalue weighted by Gasteiger charge is -2.13. The van der Waals surface area contributed by atoms with Crippen LogP contribution in [0.5, 0.6) is 17.2 Å². The highest BCUT2D eigenvalue weighted by molar-refractivity contribution is 5.89. The van der Waals surface area contributed by atoms with Gasteiger partial charge in [0.15, 0.2) is 11.5 Å². The van der Waals surface area contributed by atoms with E-state index in [1.807, 2.05) is 0 Å². The molecule has 0 radical (unpaired) electrons. The van der Waals surface area contributed by atoms with Gasteiger partial charge >= 0.3 is 11.8 Å². The van der Waals surface area contributed by atoms with Gasteiger partial charge in [0.25, 0.3) is 0 Å². The normalized spacial score (nSPS) is 16.2. The molecule has 3 rings (SSSR count). The maximum atomic E-state index is 12.1. The van der Waals surface area contributed by atoms with Crippen LogP contribution in [0.3, 0.4) is 0 Å². The number of methoxy groups -OCH3 is 3. The smallest absolute Gasteiger partial charge is 0.308 e. The maximum absolute atomic E-state index is 12.1. The molecule has 1 N–H and O–H groups in total. The first-order valence-corrected chi connectivity index (χ1v) is 8.65. The number of hydrogen-bond donors (Lipinski definition) is 1. The third kappa shape index (κ3) is 4.48. The molecular formula is C18H23N3O6. The Balaban J connectivity index is 1.67. The second-order valence-corrected chi connectivity index (χ2v) is 6.06. The zero-order valence-corrected chi connectivity index (χ0v) is 15.6. The molecule has 27 heavy (non-hydrogen) atoms. The Bertz CT molecular complexity index is 760. The molecule has 0 bridgehead atoms. The molecule has 0 spiro atoms. The van der Waals surface area contributed by atoms with Crippen molar-refractivity contribution in [1.82, 2.24) is 15.5 Å². The van der Waals surface area contributed by atoms with E-state index < -0.39 is 5.91 Å². The quantitative estimate of drug-likeness (QED) is 0.740. The highest BCUT2D eigenvalue weighted by Crippen LogP contribution is 2.38. The SMILES string of the molecule is COc1cc(Cc2nnc(C(=O)NC[C@@H]3CCCO3)o2)cc(OC)c1OC. The van der Waals surface area contributed by atoms with E-state index in [0.29, 0.717) is 36.1 Å². The molecule has 1 amide bonds. The standard InChI is InChI=1S/C18H23N3O6/c1-23-13-7-11(8-14(24-2)16(13)25-3)9-15-20-21-18(27-15)17(22)19-10-12-5-4-6-26-12/h7-8,12H,4-6,9-10H2,1-3H3,(H,19,22)/t12-/m0/s1. The molecule has 1 atom stereocenters. The summed E-state index contributed by atoms with van der Waals surface area (Å²) >= 11 is 0. The lowest BCUT2D eigenvalue weighted by Crippen LogP contribution is -2.31. The van der Waals surface area contributed by atoms with Crippen LogP contribution >= 0.6 is 0 Å². The van der Waals surface area contributed by atoms with Gasteiger partial charge in [-0.05, 0) is 30.5 Å². The van der Waals surface area contributed by atoms with Crippen LogP contribution in [0.1, 0.15) is 35.0 Å². The van der Waals surface area contributed by atoms with Crippen molar-refractivity contribution in [2.45, 2.75) is 25.4 Å². The summed E-state index contributed by atoms with van der Waals surface area (Å²) in [6, 6.07) is 3.59. The van der Waals surface area contributed by atoms with Crippen molar-refractivity contribution in [3.63, 3.8) is 0 Å². The average Bonchev–Trinajstić information content (AvgIpc) is 3.37. The Labute approximate surface area is 156 Å². The number of carbonyl (C=O) groups excluding carboxylic acids is 1. The Morgan fingerprint density at radius 2 is 1.93 bits per heavy atom. The molecule has 2 heterocycles. The van der Waals surface area contributed by atoms with Gasteiger partial charge in [-0.15, -0.1) is 10.2 Å². The van der Waals surface area contributed by atoms with Crippen LogP contribution in [0.4, 0.5) is 0 Å². The van der Waals surface area contributed by atoms with Gasteiger partial charge in [-0.3, -0.25) is 4.79 Å². The number of rotatable bonds is 8. The molecule has 0 aliphatic carbocycles. The van der Waals surface area contributed by atoms with Crippen LogP contribution in [0.25, 0.3) is 0 Å². The second kappa shape index (κ2) is 8.72. The highest BCUT2D eigenvalue weighted by atomic mass is 16.5. The molecule has 1 aromatic heterocycles. The zero-order chi connectivity index (χ0) is 19.2. The van der Waals surface area contributed by atoms with Crippen molar-refractivity contribution in [3.05, 3.63) is 29.5 Å². The van der Waals surface area contributed by atoms with Crippen LogP contribution in [-0.2, 0) is 11.2 Å². The van der Waals surface area contributed by atoms with Crippen LogP contribution in [0.15, 0.2) is 16.5 Å². The largest absolute Gasteiger partial charge is 0.493 e. The van der Waals surface area contributed by atoms with E-state index in [9.17, 15) is 4.79 Å². The molecule has 1 fully saturated rings. The van der Waals surface area contributed by atoms with Gasteiger partial charge in [0, 0.05) is 13.2 Å². The minimum Gasteiger partial charge on any atom is -0.493 e. The van der Waals surface area contributed by atoms with E-state index in [1.165, 1.54) is 0 Å². The van der Waals surface area contributed by atoms with Crippen molar-refractivity contribution in [3.8, 4) is 17.2 Å². The Hall–Kier alpha value is -2.81. The summed E-state index contributed by atoms with van der Waals surface area (Å²) in [5.41, 5.74) is 0.819. The molecule has 1 aliphatic rings. The highest BCUT2D eigenvalue weighted by Gasteiger charge is 2.20. The number of carbonyl (C=O) groups is 1. The molecule has 9 heteroatoms. The van der Waals surface area contributed by atoms with Gasteiger partial charge in [-0.25, -0.2) is 0 Å². The molecule has 146 valence electrons. The summed E-state index contributed by atoms with van der Waals surface area (Å²) in [5.74, 6) is 1.39. The summed E-state index contributed by atoms with van der Waals surface area (Å²) in [5, 5.41) is 10.5. The van der Waals surface area contributed by atoms with Crippen LogP contribution in [0, 0.1) is 0 Å². The fourth-order valence-corrected chi connectivity index (χ4v) is 2.92. The average molecular weight is 377 g/mol. The zero-order valence-electron chi connectivity index (χ0n) is 15.6. The summed E-state index contributed by atoms with van der Waals surface area (Å²) in [4.78, 5) is 12.1. The first-order valence-electron chi connectivity index (χ1n) is 8.65. The Morgan fingerprint density at radius 3 is 2.52 bits per heavy atom. The van der Waals surface area contributed by atoms with Gasteiger partial charge in [-0.2, -0.15) is 0 Å². The maximum Gasteiger partial charge on any atom is 0.308 e. The number of nitrogens with zero attached hydrogens (tertiary/aromatic N) is 2. The topological polar surface area (TPSA) is 105 Å². The van der Waals surface area contributed by atoms with E-state index in [1.54, 1.807) is 33.5 Å². The molecule has 1 saturated heterocycles. The van der Waals surface area contributed by atoms with E-state index in [2.05, 4.69) is 15.5 Å². The van der Waals surface area contributed by atoms with Gasteiger partial charge in [0.2, 0.25) is 11.6 Å². The number of hydrogen-bond acceptors (Lipinski definition) is 8. The number of aromatic nitrogens is 2. The minimum absolute atomic E-state index is 0.0515. The van der Waals surface area contributed by atoms with Crippen LogP contribution in [0.2, 0.25) is 0 Å². The van der Waals surface area contributed by atoms with Crippen molar-refractivity contribution < 1.29 is 28.2 Å². The Morgan fingerprint density at radius 1 is 1.19 bits per heavy atom. The van der Waals surface area contributed by atoms with E-state index in [0.717, 1.165) is 25.0 Å². The van der Waals surface area contributed by atoms with Gasteiger partial charge in [0.1, 0.15) is 0 Å². The monoisotopic (exact) mass is 377 g/mol. The molecule has 1 aliphatic heterocycles. The minimum atomic E-state index is -0.408. The fourth-order valence-electron chi connectivity index (χ4n) is 2.92. The van der Waals surface area contributed by atoms with Crippen LogP contribution in [-0.4, -0.2) is 56.7 Å². The van der Waals surface area contributed by atoms with Crippen LogP contribution < -0.4 is 19.5 Å². The first kappa shape index (κ1) is 19.0. The lowest BCUT2D eigenvalue weighted by atomic mass is 10.1. The summed E-state index contributed by atoms with van der Waals surface area (Å²) in [7, 11) is 4.63. The third-order valence-electron chi connectivity index (χ3n) is 4.26.